The predicted molar refractivity (Wildman–Crippen MR) is 100 cm³/mol. The van der Waals surface area contributed by atoms with Gasteiger partial charge >= 0.3 is 0 Å². The van der Waals surface area contributed by atoms with Gasteiger partial charge in [0.2, 0.25) is 5.91 Å². The smallest absolute Gasteiger partial charge is 0.269 e. The van der Waals surface area contributed by atoms with Crippen molar-refractivity contribution < 1.29 is 9.72 Å². The number of carbonyl (C=O) groups is 1. The molecule has 26 heavy (non-hydrogen) atoms. The maximum atomic E-state index is 11.0. The van der Waals surface area contributed by atoms with Gasteiger partial charge in [0, 0.05) is 47.8 Å². The first-order valence-corrected chi connectivity index (χ1v) is 8.08. The molecule has 0 unspecified atom stereocenters. The Balaban J connectivity index is 2.00. The molecule has 0 fully saturated rings. The van der Waals surface area contributed by atoms with Gasteiger partial charge in [-0.05, 0) is 18.6 Å². The standard InChI is InChI=1S/C19H18N4O3/c1-13-18(11-20-21-14(2)24)17-5-3-4-6-19(17)22(13)12-15-7-9-16(10-8-15)23(25)26/h3-11H,12H2,1-2H3,(H,21,24)/b20-11-. The van der Waals surface area contributed by atoms with Crippen LogP contribution in [0.25, 0.3) is 10.9 Å². The SMILES string of the molecule is CC(=O)N/N=C\c1c(C)n(Cc2ccc([N+](=O)[O-])cc2)c2ccccc12. The molecule has 0 aliphatic carbocycles. The van der Waals surface area contributed by atoms with Gasteiger partial charge < -0.3 is 4.57 Å². The highest BCUT2D eigenvalue weighted by Gasteiger charge is 2.13. The van der Waals surface area contributed by atoms with Crippen molar-refractivity contribution in [1.29, 1.82) is 0 Å². The fraction of sp³-hybridized carbons (Fsp3) is 0.158. The second kappa shape index (κ2) is 7.18. The van der Waals surface area contributed by atoms with Crippen LogP contribution in [0.5, 0.6) is 0 Å². The number of hydrogen-bond donors (Lipinski definition) is 1. The fourth-order valence-corrected chi connectivity index (χ4v) is 2.92. The lowest BCUT2D eigenvalue weighted by molar-refractivity contribution is -0.384. The first kappa shape index (κ1) is 17.3. The fourth-order valence-electron chi connectivity index (χ4n) is 2.92. The van der Waals surface area contributed by atoms with Crippen LogP contribution >= 0.6 is 0 Å². The molecule has 1 aromatic heterocycles. The third kappa shape index (κ3) is 3.46. The number of aromatic nitrogens is 1. The average Bonchev–Trinajstić information content (AvgIpc) is 2.88. The summed E-state index contributed by atoms with van der Waals surface area (Å²) in [5.41, 5.74) is 6.42. The molecule has 1 heterocycles. The highest BCUT2D eigenvalue weighted by atomic mass is 16.6. The van der Waals surface area contributed by atoms with Crippen LogP contribution < -0.4 is 5.43 Å². The van der Waals surface area contributed by atoms with Gasteiger partial charge in [-0.15, -0.1) is 0 Å². The minimum atomic E-state index is -0.406. The zero-order valence-corrected chi connectivity index (χ0v) is 14.5. The second-order valence-electron chi connectivity index (χ2n) is 5.95. The molecule has 7 nitrogen and oxygen atoms in total. The van der Waals surface area contributed by atoms with Crippen molar-refractivity contribution in [3.8, 4) is 0 Å². The molecule has 0 saturated heterocycles. The molecule has 0 atom stereocenters. The van der Waals surface area contributed by atoms with E-state index >= 15 is 0 Å². The van der Waals surface area contributed by atoms with E-state index in [0.717, 1.165) is 27.7 Å². The summed E-state index contributed by atoms with van der Waals surface area (Å²) < 4.78 is 2.13. The van der Waals surface area contributed by atoms with Crippen LogP contribution in [0.3, 0.4) is 0 Å². The minimum Gasteiger partial charge on any atom is -0.340 e. The second-order valence-corrected chi connectivity index (χ2v) is 5.95. The number of carbonyl (C=O) groups excluding carboxylic acids is 1. The minimum absolute atomic E-state index is 0.0750. The van der Waals surface area contributed by atoms with E-state index in [4.69, 9.17) is 0 Å². The summed E-state index contributed by atoms with van der Waals surface area (Å²) in [6.45, 7) is 3.97. The third-order valence-corrected chi connectivity index (χ3v) is 4.18. The number of amides is 1. The molecule has 0 radical (unpaired) electrons. The van der Waals surface area contributed by atoms with Crippen LogP contribution in [0.1, 0.15) is 23.7 Å². The van der Waals surface area contributed by atoms with Gasteiger partial charge in [0.05, 0.1) is 11.1 Å². The number of hydrazone groups is 1. The Kier molecular flexibility index (Phi) is 4.79. The molecule has 1 amide bonds. The third-order valence-electron chi connectivity index (χ3n) is 4.18. The first-order valence-electron chi connectivity index (χ1n) is 8.08. The molecule has 0 saturated carbocycles. The predicted octanol–water partition coefficient (Wildman–Crippen LogP) is 3.38. The quantitative estimate of drug-likeness (QED) is 0.434. The van der Waals surface area contributed by atoms with Crippen molar-refractivity contribution in [3.63, 3.8) is 0 Å². The summed E-state index contributed by atoms with van der Waals surface area (Å²) in [4.78, 5) is 21.4. The van der Waals surface area contributed by atoms with Gasteiger partial charge in [0.25, 0.3) is 5.69 Å². The summed E-state index contributed by atoms with van der Waals surface area (Å²) in [6, 6.07) is 14.5. The number of nitrogens with zero attached hydrogens (tertiary/aromatic N) is 3. The molecule has 0 bridgehead atoms. The number of nitrogens with one attached hydrogen (secondary N) is 1. The van der Waals surface area contributed by atoms with Gasteiger partial charge in [0.1, 0.15) is 0 Å². The van der Waals surface area contributed by atoms with Crippen LogP contribution in [0.2, 0.25) is 0 Å². The van der Waals surface area contributed by atoms with Crippen LogP contribution in [0.15, 0.2) is 53.6 Å². The van der Waals surface area contributed by atoms with Gasteiger partial charge in [-0.1, -0.05) is 30.3 Å². The summed E-state index contributed by atoms with van der Waals surface area (Å²) in [7, 11) is 0. The largest absolute Gasteiger partial charge is 0.340 e. The van der Waals surface area contributed by atoms with Crippen molar-refractivity contribution in [3.05, 3.63) is 75.5 Å². The van der Waals surface area contributed by atoms with E-state index in [1.807, 2.05) is 31.2 Å². The number of nitro benzene ring substituents is 1. The van der Waals surface area contributed by atoms with E-state index in [-0.39, 0.29) is 11.6 Å². The lowest BCUT2D eigenvalue weighted by Gasteiger charge is -2.08. The lowest BCUT2D eigenvalue weighted by Crippen LogP contribution is -2.12. The van der Waals surface area contributed by atoms with Gasteiger partial charge in [0.15, 0.2) is 0 Å². The Morgan fingerprint density at radius 2 is 1.92 bits per heavy atom. The monoisotopic (exact) mass is 350 g/mol. The van der Waals surface area contributed by atoms with E-state index in [0.29, 0.717) is 6.54 Å². The van der Waals surface area contributed by atoms with Gasteiger partial charge in [-0.3, -0.25) is 14.9 Å². The maximum Gasteiger partial charge on any atom is 0.269 e. The topological polar surface area (TPSA) is 89.5 Å². The van der Waals surface area contributed by atoms with E-state index < -0.39 is 4.92 Å². The number of nitro groups is 1. The number of hydrogen-bond acceptors (Lipinski definition) is 4. The number of rotatable bonds is 5. The summed E-state index contributed by atoms with van der Waals surface area (Å²) in [5, 5.41) is 15.8. The molecule has 3 aromatic rings. The van der Waals surface area contributed by atoms with Crippen molar-refractivity contribution in [2.75, 3.05) is 0 Å². The van der Waals surface area contributed by atoms with Crippen LogP contribution in [-0.2, 0) is 11.3 Å². The first-order chi connectivity index (χ1) is 12.5. The Bertz CT molecular complexity index is 1000. The van der Waals surface area contributed by atoms with Crippen molar-refractivity contribution in [1.82, 2.24) is 9.99 Å². The van der Waals surface area contributed by atoms with E-state index in [1.54, 1.807) is 18.3 Å². The van der Waals surface area contributed by atoms with Crippen LogP contribution in [-0.4, -0.2) is 21.6 Å². The molecule has 0 spiro atoms. The Morgan fingerprint density at radius 3 is 2.58 bits per heavy atom. The average molecular weight is 350 g/mol. The van der Waals surface area contributed by atoms with E-state index in [1.165, 1.54) is 19.1 Å². The summed E-state index contributed by atoms with van der Waals surface area (Å²) >= 11 is 0. The lowest BCUT2D eigenvalue weighted by atomic mass is 10.1. The number of para-hydroxylation sites is 1. The number of fused-ring (bicyclic) bond motifs is 1. The molecule has 1 N–H and O–H groups in total. The van der Waals surface area contributed by atoms with E-state index in [2.05, 4.69) is 15.1 Å². The maximum absolute atomic E-state index is 11.0. The number of non-ortho nitro benzene ring substituents is 1. The molecular formula is C19H18N4O3. The van der Waals surface area contributed by atoms with Crippen LogP contribution in [0, 0.1) is 17.0 Å². The molecule has 2 aromatic carbocycles. The molecule has 132 valence electrons. The molecule has 0 aliphatic rings. The van der Waals surface area contributed by atoms with E-state index in [9.17, 15) is 14.9 Å². The van der Waals surface area contributed by atoms with Crippen molar-refractivity contribution >= 4 is 28.7 Å². The Labute approximate surface area is 150 Å². The Morgan fingerprint density at radius 1 is 1.23 bits per heavy atom. The van der Waals surface area contributed by atoms with Gasteiger partial charge in [-0.2, -0.15) is 5.10 Å². The molecule has 0 aliphatic heterocycles. The Hall–Kier alpha value is -3.48. The molecule has 7 heteroatoms. The summed E-state index contributed by atoms with van der Waals surface area (Å²) in [5.74, 6) is -0.228. The number of benzene rings is 2. The molecule has 3 rings (SSSR count). The highest BCUT2D eigenvalue weighted by molar-refractivity contribution is 6.01. The zero-order chi connectivity index (χ0) is 18.7. The normalized spacial score (nSPS) is 11.2. The summed E-state index contributed by atoms with van der Waals surface area (Å²) in [6.07, 6.45) is 1.64. The molecular weight excluding hydrogens is 332 g/mol. The zero-order valence-electron chi connectivity index (χ0n) is 14.5. The van der Waals surface area contributed by atoms with Gasteiger partial charge in [-0.25, -0.2) is 5.43 Å². The van der Waals surface area contributed by atoms with Crippen LogP contribution in [0.4, 0.5) is 5.69 Å². The van der Waals surface area contributed by atoms with Crippen molar-refractivity contribution in [2.45, 2.75) is 20.4 Å². The highest BCUT2D eigenvalue weighted by Crippen LogP contribution is 2.26. The van der Waals surface area contributed by atoms with Crippen molar-refractivity contribution in [2.24, 2.45) is 5.10 Å².